The number of thioether (sulfide) groups is 1. The van der Waals surface area contributed by atoms with Crippen molar-refractivity contribution >= 4 is 17.6 Å². The molecule has 0 rings (SSSR count). The molecule has 2 nitrogen and oxygen atoms in total. The summed E-state index contributed by atoms with van der Waals surface area (Å²) in [6.07, 6.45) is 2.02. The molecule has 3 heteroatoms. The van der Waals surface area contributed by atoms with Gasteiger partial charge in [-0.1, -0.05) is 0 Å². The van der Waals surface area contributed by atoms with Crippen molar-refractivity contribution in [2.45, 2.75) is 19.9 Å². The minimum Gasteiger partial charge on any atom is -0.387 e. The van der Waals surface area contributed by atoms with Crippen LogP contribution in [0, 0.1) is 0 Å². The van der Waals surface area contributed by atoms with Gasteiger partial charge in [0.25, 0.3) is 0 Å². The zero-order valence-electron chi connectivity index (χ0n) is 6.22. The average molecular weight is 146 g/mol. The molecule has 0 bridgehead atoms. The third kappa shape index (κ3) is 5.69. The summed E-state index contributed by atoms with van der Waals surface area (Å²) in [6.45, 7) is 4.04. The molecule has 9 heavy (non-hydrogen) atoms. The van der Waals surface area contributed by atoms with Crippen LogP contribution in [0.15, 0.2) is 4.99 Å². The quantitative estimate of drug-likeness (QED) is 0.478. The van der Waals surface area contributed by atoms with E-state index in [1.54, 1.807) is 11.8 Å². The van der Waals surface area contributed by atoms with E-state index >= 15 is 0 Å². The zero-order chi connectivity index (χ0) is 7.28. The Balaban J connectivity index is 3.55. The highest BCUT2D eigenvalue weighted by Gasteiger charge is 1.90. The van der Waals surface area contributed by atoms with Gasteiger partial charge in [-0.25, -0.2) is 0 Å². The molecule has 0 aromatic heterocycles. The Kier molecular flexibility index (Phi) is 4.58. The largest absolute Gasteiger partial charge is 0.387 e. The van der Waals surface area contributed by atoms with E-state index in [0.29, 0.717) is 6.04 Å². The first-order chi connectivity index (χ1) is 4.16. The average Bonchev–Trinajstić information content (AvgIpc) is 1.63. The minimum atomic E-state index is 0.331. The Labute approximate surface area is 60.9 Å². The van der Waals surface area contributed by atoms with Crippen molar-refractivity contribution in [2.75, 3.05) is 12.0 Å². The predicted molar refractivity (Wildman–Crippen MR) is 45.1 cm³/mol. The van der Waals surface area contributed by atoms with Gasteiger partial charge in [0, 0.05) is 6.04 Å². The number of hydrogen-bond acceptors (Lipinski definition) is 2. The van der Waals surface area contributed by atoms with Crippen LogP contribution in [0.5, 0.6) is 0 Å². The van der Waals surface area contributed by atoms with Crippen molar-refractivity contribution in [3.63, 3.8) is 0 Å². The van der Waals surface area contributed by atoms with Gasteiger partial charge < -0.3 is 5.73 Å². The molecule has 0 atom stereocenters. The molecular formula is C6H14N2S. The lowest BCUT2D eigenvalue weighted by molar-refractivity contribution is 0.833. The Bertz CT molecular complexity index is 99.2. The summed E-state index contributed by atoms with van der Waals surface area (Å²) in [6, 6.07) is 0.331. The van der Waals surface area contributed by atoms with E-state index in [4.69, 9.17) is 5.73 Å². The molecule has 0 spiro atoms. The number of rotatable bonds is 3. The van der Waals surface area contributed by atoms with Crippen molar-refractivity contribution < 1.29 is 0 Å². The molecule has 0 aromatic rings. The molecule has 2 N–H and O–H groups in total. The lowest BCUT2D eigenvalue weighted by atomic mass is 10.4. The van der Waals surface area contributed by atoms with Gasteiger partial charge >= 0.3 is 0 Å². The lowest BCUT2D eigenvalue weighted by Crippen LogP contribution is -2.16. The van der Waals surface area contributed by atoms with E-state index in [0.717, 1.165) is 11.6 Å². The topological polar surface area (TPSA) is 38.4 Å². The SMILES string of the molecule is CSCC(N)=NC(C)C. The maximum atomic E-state index is 5.51. The second kappa shape index (κ2) is 4.68. The number of hydrogen-bond donors (Lipinski definition) is 1. The maximum absolute atomic E-state index is 5.51. The van der Waals surface area contributed by atoms with Gasteiger partial charge in [0.1, 0.15) is 5.84 Å². The van der Waals surface area contributed by atoms with Crippen molar-refractivity contribution in [3.05, 3.63) is 0 Å². The number of nitrogens with two attached hydrogens (primary N) is 1. The van der Waals surface area contributed by atoms with E-state index in [-0.39, 0.29) is 0 Å². The van der Waals surface area contributed by atoms with Gasteiger partial charge in [-0.3, -0.25) is 4.99 Å². The highest BCUT2D eigenvalue weighted by atomic mass is 32.2. The molecule has 0 unspecified atom stereocenters. The van der Waals surface area contributed by atoms with E-state index in [1.165, 1.54) is 0 Å². The molecule has 0 radical (unpaired) electrons. The fourth-order valence-electron chi connectivity index (χ4n) is 0.517. The Morgan fingerprint density at radius 1 is 1.67 bits per heavy atom. The first-order valence-corrected chi connectivity index (χ1v) is 4.37. The fraction of sp³-hybridized carbons (Fsp3) is 0.833. The van der Waals surface area contributed by atoms with Gasteiger partial charge in [-0.15, -0.1) is 0 Å². The molecule has 0 saturated heterocycles. The van der Waals surface area contributed by atoms with Gasteiger partial charge in [0.15, 0.2) is 0 Å². The molecule has 0 fully saturated rings. The summed E-state index contributed by atoms with van der Waals surface area (Å²) < 4.78 is 0. The second-order valence-corrected chi connectivity index (χ2v) is 3.01. The van der Waals surface area contributed by atoms with Crippen LogP contribution in [0.1, 0.15) is 13.8 Å². The van der Waals surface area contributed by atoms with Crippen LogP contribution < -0.4 is 5.73 Å². The maximum Gasteiger partial charge on any atom is 0.104 e. The van der Waals surface area contributed by atoms with Crippen LogP contribution in [0.25, 0.3) is 0 Å². The molecule has 0 amide bonds. The Hall–Kier alpha value is -0.180. The summed E-state index contributed by atoms with van der Waals surface area (Å²) in [5.74, 6) is 1.59. The van der Waals surface area contributed by atoms with Gasteiger partial charge in [0.05, 0.1) is 5.75 Å². The number of nitrogens with zero attached hydrogens (tertiary/aromatic N) is 1. The third-order valence-electron chi connectivity index (χ3n) is 0.716. The highest BCUT2D eigenvalue weighted by Crippen LogP contribution is 1.92. The third-order valence-corrected chi connectivity index (χ3v) is 1.30. The van der Waals surface area contributed by atoms with E-state index in [9.17, 15) is 0 Å². The van der Waals surface area contributed by atoms with Gasteiger partial charge in [-0.05, 0) is 20.1 Å². The van der Waals surface area contributed by atoms with Crippen molar-refractivity contribution in [3.8, 4) is 0 Å². The molecule has 0 aromatic carbocycles. The van der Waals surface area contributed by atoms with Gasteiger partial charge in [0.2, 0.25) is 0 Å². The van der Waals surface area contributed by atoms with Crippen LogP contribution in [0.3, 0.4) is 0 Å². The summed E-state index contributed by atoms with van der Waals surface area (Å²) in [4.78, 5) is 4.14. The van der Waals surface area contributed by atoms with E-state index in [1.807, 2.05) is 20.1 Å². The van der Waals surface area contributed by atoms with E-state index < -0.39 is 0 Å². The van der Waals surface area contributed by atoms with Crippen LogP contribution in [-0.4, -0.2) is 23.9 Å². The monoisotopic (exact) mass is 146 g/mol. The first-order valence-electron chi connectivity index (χ1n) is 2.98. The zero-order valence-corrected chi connectivity index (χ0v) is 7.03. The first kappa shape index (κ1) is 8.82. The van der Waals surface area contributed by atoms with Crippen molar-refractivity contribution in [2.24, 2.45) is 10.7 Å². The number of amidine groups is 1. The number of aliphatic imine (C=N–C) groups is 1. The molecule has 0 saturated carbocycles. The Morgan fingerprint density at radius 3 is 2.56 bits per heavy atom. The molecule has 0 heterocycles. The van der Waals surface area contributed by atoms with E-state index in [2.05, 4.69) is 4.99 Å². The van der Waals surface area contributed by atoms with Crippen LogP contribution in [0.2, 0.25) is 0 Å². The summed E-state index contributed by atoms with van der Waals surface area (Å²) >= 11 is 1.70. The minimum absolute atomic E-state index is 0.331. The molecule has 0 aliphatic carbocycles. The lowest BCUT2D eigenvalue weighted by Gasteiger charge is -1.99. The summed E-state index contributed by atoms with van der Waals surface area (Å²) in [5, 5.41) is 0. The van der Waals surface area contributed by atoms with Gasteiger partial charge in [-0.2, -0.15) is 11.8 Å². The predicted octanol–water partition coefficient (Wildman–Crippen LogP) is 1.12. The standard InChI is InChI=1S/C6H14N2S/c1-5(2)8-6(7)4-9-3/h5H,4H2,1-3H3,(H2,7,8). The highest BCUT2D eigenvalue weighted by molar-refractivity contribution is 7.99. The second-order valence-electron chi connectivity index (χ2n) is 2.15. The molecule has 54 valence electrons. The summed E-state index contributed by atoms with van der Waals surface area (Å²) in [7, 11) is 0. The smallest absolute Gasteiger partial charge is 0.104 e. The van der Waals surface area contributed by atoms with Crippen molar-refractivity contribution in [1.82, 2.24) is 0 Å². The summed E-state index contributed by atoms with van der Waals surface area (Å²) in [5.41, 5.74) is 5.51. The van der Waals surface area contributed by atoms with Crippen molar-refractivity contribution in [1.29, 1.82) is 0 Å². The van der Waals surface area contributed by atoms with Crippen LogP contribution in [0.4, 0.5) is 0 Å². The molecule has 0 aliphatic rings. The Morgan fingerprint density at radius 2 is 2.22 bits per heavy atom. The molecular weight excluding hydrogens is 132 g/mol. The van der Waals surface area contributed by atoms with Crippen LogP contribution >= 0.6 is 11.8 Å². The molecule has 0 aliphatic heterocycles. The van der Waals surface area contributed by atoms with Crippen LogP contribution in [-0.2, 0) is 0 Å². The fourth-order valence-corrected chi connectivity index (χ4v) is 0.887. The normalized spacial score (nSPS) is 12.7.